The third-order valence-corrected chi connectivity index (χ3v) is 3.57. The number of para-hydroxylation sites is 1. The van der Waals surface area contributed by atoms with E-state index >= 15 is 0 Å². The van der Waals surface area contributed by atoms with Crippen LogP contribution in [0.2, 0.25) is 0 Å². The molecule has 0 amide bonds. The van der Waals surface area contributed by atoms with Crippen LogP contribution in [0.25, 0.3) is 0 Å². The van der Waals surface area contributed by atoms with Gasteiger partial charge in [0, 0.05) is 0 Å². The lowest BCUT2D eigenvalue weighted by molar-refractivity contribution is 0.0521. The van der Waals surface area contributed by atoms with Crippen molar-refractivity contribution in [2.75, 3.05) is 26.3 Å². The molecule has 1 aliphatic rings. The lowest BCUT2D eigenvalue weighted by Crippen LogP contribution is -2.30. The van der Waals surface area contributed by atoms with Gasteiger partial charge in [0.2, 0.25) is 0 Å². The number of rotatable bonds is 6. The maximum Gasteiger partial charge on any atom is 0.341 e. The largest absolute Gasteiger partial charge is 0.493 e. The Morgan fingerprint density at radius 1 is 1.40 bits per heavy atom. The fourth-order valence-corrected chi connectivity index (χ4v) is 2.48. The molecule has 1 saturated heterocycles. The number of carbonyl (C=O) groups excluding carboxylic acids is 1. The molecule has 20 heavy (non-hydrogen) atoms. The Kier molecular flexibility index (Phi) is 5.87. The predicted octanol–water partition coefficient (Wildman–Crippen LogP) is 2.63. The van der Waals surface area contributed by atoms with Crippen LogP contribution in [-0.4, -0.2) is 32.3 Å². The first-order valence-corrected chi connectivity index (χ1v) is 7.41. The standard InChI is InChI=1S/C16H23NO3/c1-2-19-16(18)14-7-3-4-8-15(14)20-11-9-13-6-5-10-17-12-13/h3-4,7-8,13,17H,2,5-6,9-12H2,1H3/t13-/m1/s1. The Balaban J connectivity index is 1.86. The number of piperidine rings is 1. The van der Waals surface area contributed by atoms with Gasteiger partial charge in [0.15, 0.2) is 0 Å². The zero-order valence-electron chi connectivity index (χ0n) is 12.1. The van der Waals surface area contributed by atoms with Crippen LogP contribution in [0.15, 0.2) is 24.3 Å². The number of carbonyl (C=O) groups is 1. The first-order valence-electron chi connectivity index (χ1n) is 7.41. The summed E-state index contributed by atoms with van der Waals surface area (Å²) >= 11 is 0. The molecule has 0 spiro atoms. The smallest absolute Gasteiger partial charge is 0.341 e. The molecule has 1 aromatic carbocycles. The molecular weight excluding hydrogens is 254 g/mol. The van der Waals surface area contributed by atoms with Crippen molar-refractivity contribution in [1.82, 2.24) is 5.32 Å². The number of hydrogen-bond donors (Lipinski definition) is 1. The molecule has 0 bridgehead atoms. The van der Waals surface area contributed by atoms with Gasteiger partial charge in [0.25, 0.3) is 0 Å². The monoisotopic (exact) mass is 277 g/mol. The van der Waals surface area contributed by atoms with Crippen LogP contribution in [-0.2, 0) is 4.74 Å². The van der Waals surface area contributed by atoms with Crippen molar-refractivity contribution in [1.29, 1.82) is 0 Å². The molecule has 2 rings (SSSR count). The molecule has 0 saturated carbocycles. The van der Waals surface area contributed by atoms with E-state index in [1.165, 1.54) is 12.8 Å². The number of benzene rings is 1. The van der Waals surface area contributed by atoms with Crippen LogP contribution in [0.5, 0.6) is 5.75 Å². The minimum Gasteiger partial charge on any atom is -0.493 e. The molecule has 4 heteroatoms. The summed E-state index contributed by atoms with van der Waals surface area (Å²) in [5.74, 6) is 0.982. The highest BCUT2D eigenvalue weighted by Crippen LogP contribution is 2.20. The molecule has 1 atom stereocenters. The van der Waals surface area contributed by atoms with Crippen LogP contribution in [0.4, 0.5) is 0 Å². The van der Waals surface area contributed by atoms with Gasteiger partial charge < -0.3 is 14.8 Å². The summed E-state index contributed by atoms with van der Waals surface area (Å²) < 4.78 is 10.8. The van der Waals surface area contributed by atoms with E-state index < -0.39 is 0 Å². The highest BCUT2D eigenvalue weighted by Gasteiger charge is 2.15. The van der Waals surface area contributed by atoms with Gasteiger partial charge in [0.1, 0.15) is 11.3 Å². The molecular formula is C16H23NO3. The third-order valence-electron chi connectivity index (χ3n) is 3.57. The second kappa shape index (κ2) is 7.90. The number of nitrogens with one attached hydrogen (secondary N) is 1. The van der Waals surface area contributed by atoms with E-state index in [2.05, 4.69) is 5.32 Å². The SMILES string of the molecule is CCOC(=O)c1ccccc1OCC[C@H]1CCCNC1. The quantitative estimate of drug-likeness (QED) is 0.812. The zero-order chi connectivity index (χ0) is 14.2. The Labute approximate surface area is 120 Å². The van der Waals surface area contributed by atoms with Crippen molar-refractivity contribution in [2.45, 2.75) is 26.2 Å². The van der Waals surface area contributed by atoms with E-state index in [0.29, 0.717) is 30.4 Å². The minimum atomic E-state index is -0.317. The fraction of sp³-hybridized carbons (Fsp3) is 0.562. The summed E-state index contributed by atoms with van der Waals surface area (Å²) in [6, 6.07) is 7.27. The van der Waals surface area contributed by atoms with E-state index in [1.54, 1.807) is 13.0 Å². The zero-order valence-corrected chi connectivity index (χ0v) is 12.1. The van der Waals surface area contributed by atoms with Gasteiger partial charge in [-0.1, -0.05) is 12.1 Å². The molecule has 1 aromatic rings. The maximum atomic E-state index is 11.8. The molecule has 0 unspecified atom stereocenters. The first kappa shape index (κ1) is 14.9. The van der Waals surface area contributed by atoms with Gasteiger partial charge in [-0.25, -0.2) is 4.79 Å². The molecule has 110 valence electrons. The molecule has 1 fully saturated rings. The minimum absolute atomic E-state index is 0.317. The van der Waals surface area contributed by atoms with E-state index in [9.17, 15) is 4.79 Å². The average Bonchev–Trinajstić information content (AvgIpc) is 2.49. The van der Waals surface area contributed by atoms with Crippen LogP contribution >= 0.6 is 0 Å². The Morgan fingerprint density at radius 3 is 3.00 bits per heavy atom. The molecule has 1 N–H and O–H groups in total. The van der Waals surface area contributed by atoms with Gasteiger partial charge in [-0.2, -0.15) is 0 Å². The Morgan fingerprint density at radius 2 is 2.25 bits per heavy atom. The summed E-state index contributed by atoms with van der Waals surface area (Å²) in [5.41, 5.74) is 0.510. The van der Waals surface area contributed by atoms with E-state index in [4.69, 9.17) is 9.47 Å². The van der Waals surface area contributed by atoms with Gasteiger partial charge in [0.05, 0.1) is 13.2 Å². The second-order valence-electron chi connectivity index (χ2n) is 5.07. The van der Waals surface area contributed by atoms with Crippen molar-refractivity contribution >= 4 is 5.97 Å². The first-order chi connectivity index (χ1) is 9.81. The van der Waals surface area contributed by atoms with Crippen LogP contribution < -0.4 is 10.1 Å². The van der Waals surface area contributed by atoms with Crippen molar-refractivity contribution in [2.24, 2.45) is 5.92 Å². The van der Waals surface area contributed by atoms with E-state index in [-0.39, 0.29) is 5.97 Å². The van der Waals surface area contributed by atoms with Crippen LogP contribution in [0.3, 0.4) is 0 Å². The fourth-order valence-electron chi connectivity index (χ4n) is 2.48. The third kappa shape index (κ3) is 4.23. The summed E-state index contributed by atoms with van der Waals surface area (Å²) in [6.45, 7) is 5.02. The molecule has 0 radical (unpaired) electrons. The topological polar surface area (TPSA) is 47.6 Å². The molecule has 4 nitrogen and oxygen atoms in total. The Hall–Kier alpha value is -1.55. The van der Waals surface area contributed by atoms with Gasteiger partial charge in [-0.3, -0.25) is 0 Å². The molecule has 0 aromatic heterocycles. The maximum absolute atomic E-state index is 11.8. The van der Waals surface area contributed by atoms with E-state index in [0.717, 1.165) is 19.5 Å². The van der Waals surface area contributed by atoms with Crippen molar-refractivity contribution in [3.63, 3.8) is 0 Å². The summed E-state index contributed by atoms with van der Waals surface area (Å²) in [6.07, 6.45) is 3.52. The lowest BCUT2D eigenvalue weighted by atomic mass is 9.97. The number of ether oxygens (including phenoxy) is 2. The molecule has 1 heterocycles. The van der Waals surface area contributed by atoms with Crippen molar-refractivity contribution in [3.05, 3.63) is 29.8 Å². The molecule has 0 aliphatic carbocycles. The second-order valence-corrected chi connectivity index (χ2v) is 5.07. The lowest BCUT2D eigenvalue weighted by Gasteiger charge is -2.22. The highest BCUT2D eigenvalue weighted by molar-refractivity contribution is 5.92. The summed E-state index contributed by atoms with van der Waals surface area (Å²) in [7, 11) is 0. The highest BCUT2D eigenvalue weighted by atomic mass is 16.5. The van der Waals surface area contributed by atoms with Gasteiger partial charge in [-0.05, 0) is 57.3 Å². The van der Waals surface area contributed by atoms with E-state index in [1.807, 2.05) is 18.2 Å². The Bertz CT molecular complexity index is 427. The van der Waals surface area contributed by atoms with Crippen LogP contribution in [0, 0.1) is 5.92 Å². The van der Waals surface area contributed by atoms with Crippen molar-refractivity contribution < 1.29 is 14.3 Å². The number of esters is 1. The molecule has 1 aliphatic heterocycles. The van der Waals surface area contributed by atoms with Gasteiger partial charge in [-0.15, -0.1) is 0 Å². The van der Waals surface area contributed by atoms with Crippen molar-refractivity contribution in [3.8, 4) is 5.75 Å². The summed E-state index contributed by atoms with van der Waals surface area (Å²) in [4.78, 5) is 11.8. The predicted molar refractivity (Wildman–Crippen MR) is 78.1 cm³/mol. The normalized spacial score (nSPS) is 18.6. The number of hydrogen-bond acceptors (Lipinski definition) is 4. The van der Waals surface area contributed by atoms with Gasteiger partial charge >= 0.3 is 5.97 Å². The van der Waals surface area contributed by atoms with Crippen LogP contribution in [0.1, 0.15) is 36.5 Å². The summed E-state index contributed by atoms with van der Waals surface area (Å²) in [5, 5.41) is 3.40. The average molecular weight is 277 g/mol.